The van der Waals surface area contributed by atoms with Crippen LogP contribution in [0.3, 0.4) is 0 Å². The van der Waals surface area contributed by atoms with Gasteiger partial charge in [0.25, 0.3) is 0 Å². The third-order valence-electron chi connectivity index (χ3n) is 5.33. The average Bonchev–Trinajstić information content (AvgIpc) is 2.84. The molecule has 3 nitrogen and oxygen atoms in total. The molecule has 1 saturated heterocycles. The second kappa shape index (κ2) is 6.57. The van der Waals surface area contributed by atoms with E-state index in [1.165, 1.54) is 12.8 Å². The summed E-state index contributed by atoms with van der Waals surface area (Å²) in [6.45, 7) is 5.93. The minimum Gasteiger partial charge on any atom is -0.375 e. The van der Waals surface area contributed by atoms with E-state index in [1.807, 2.05) is 0 Å². The minimum absolute atomic E-state index is 0.0609. The van der Waals surface area contributed by atoms with Crippen LogP contribution in [0.5, 0.6) is 0 Å². The fourth-order valence-electron chi connectivity index (χ4n) is 3.85. The maximum Gasteiger partial charge on any atom is 0.136 e. The van der Waals surface area contributed by atoms with Crippen molar-refractivity contribution in [3.8, 4) is 0 Å². The molecule has 2 rings (SSSR count). The molecule has 116 valence electrons. The molecule has 2 N–H and O–H groups in total. The number of Topliss-reactive ketones (excluding diaryl/α,β-unsaturated/α-hetero) is 1. The van der Waals surface area contributed by atoms with Crippen LogP contribution in [-0.2, 0) is 9.53 Å². The number of hydrogen-bond donors (Lipinski definition) is 1. The molecule has 0 aromatic carbocycles. The Kier molecular flexibility index (Phi) is 5.25. The third-order valence-corrected chi connectivity index (χ3v) is 5.33. The van der Waals surface area contributed by atoms with Crippen molar-refractivity contribution in [1.82, 2.24) is 0 Å². The van der Waals surface area contributed by atoms with Crippen molar-refractivity contribution in [2.24, 2.45) is 17.1 Å². The first-order valence-corrected chi connectivity index (χ1v) is 8.33. The Morgan fingerprint density at radius 2 is 2.00 bits per heavy atom. The van der Waals surface area contributed by atoms with E-state index in [0.29, 0.717) is 18.7 Å². The zero-order valence-electron chi connectivity index (χ0n) is 13.2. The molecule has 0 bridgehead atoms. The highest BCUT2D eigenvalue weighted by atomic mass is 16.5. The van der Waals surface area contributed by atoms with Gasteiger partial charge in [0.05, 0.1) is 5.60 Å². The van der Waals surface area contributed by atoms with E-state index in [9.17, 15) is 4.79 Å². The number of ether oxygens (including phenoxy) is 1. The van der Waals surface area contributed by atoms with E-state index < -0.39 is 0 Å². The van der Waals surface area contributed by atoms with Crippen LogP contribution in [0.4, 0.5) is 0 Å². The van der Waals surface area contributed by atoms with Gasteiger partial charge in [-0.15, -0.1) is 0 Å². The molecule has 1 aliphatic carbocycles. The predicted molar refractivity (Wildman–Crippen MR) is 81.6 cm³/mol. The average molecular weight is 281 g/mol. The Morgan fingerprint density at radius 3 is 2.65 bits per heavy atom. The Labute approximate surface area is 123 Å². The summed E-state index contributed by atoms with van der Waals surface area (Å²) in [5, 5.41) is 0. The fraction of sp³-hybridized carbons (Fsp3) is 0.941. The zero-order chi connectivity index (χ0) is 14.6. The summed E-state index contributed by atoms with van der Waals surface area (Å²) in [6.07, 6.45) is 9.44. The molecule has 20 heavy (non-hydrogen) atoms. The highest BCUT2D eigenvalue weighted by molar-refractivity contribution is 5.81. The molecule has 1 atom stereocenters. The number of nitrogens with two attached hydrogens (primary N) is 1. The first-order valence-electron chi connectivity index (χ1n) is 8.33. The lowest BCUT2D eigenvalue weighted by Crippen LogP contribution is -2.40. The van der Waals surface area contributed by atoms with Gasteiger partial charge in [-0.25, -0.2) is 0 Å². The molecule has 2 aliphatic rings. The summed E-state index contributed by atoms with van der Waals surface area (Å²) in [7, 11) is 0. The Hall–Kier alpha value is -0.410. The van der Waals surface area contributed by atoms with Gasteiger partial charge in [0.2, 0.25) is 0 Å². The number of carbonyl (C=O) groups is 1. The maximum atomic E-state index is 12.5. The monoisotopic (exact) mass is 281 g/mol. The van der Waals surface area contributed by atoms with Gasteiger partial charge < -0.3 is 10.5 Å². The molecule has 2 fully saturated rings. The van der Waals surface area contributed by atoms with Crippen molar-refractivity contribution in [3.63, 3.8) is 0 Å². The molecular formula is C17H31NO2. The first kappa shape index (κ1) is 16.0. The molecule has 0 aromatic rings. The summed E-state index contributed by atoms with van der Waals surface area (Å²) in [6, 6.07) is 0. The Morgan fingerprint density at radius 1 is 1.30 bits per heavy atom. The first-order chi connectivity index (χ1) is 9.46. The molecule has 3 heteroatoms. The van der Waals surface area contributed by atoms with Crippen LogP contribution < -0.4 is 5.73 Å². The number of carbonyl (C=O) groups excluding carboxylic acids is 1. The number of ketones is 1. The van der Waals surface area contributed by atoms with Gasteiger partial charge >= 0.3 is 0 Å². The molecule has 0 aromatic heterocycles. The molecule has 0 amide bonds. The van der Waals surface area contributed by atoms with E-state index in [2.05, 4.69) is 13.8 Å². The number of hydrogen-bond acceptors (Lipinski definition) is 3. The van der Waals surface area contributed by atoms with E-state index >= 15 is 0 Å². The molecule has 1 unspecified atom stereocenters. The minimum atomic E-state index is 0.0609. The van der Waals surface area contributed by atoms with Crippen LogP contribution in [0.1, 0.15) is 71.6 Å². The molecule has 0 radical (unpaired) electrons. The second-order valence-corrected chi connectivity index (χ2v) is 7.60. The van der Waals surface area contributed by atoms with Crippen LogP contribution in [-0.4, -0.2) is 24.5 Å². The van der Waals surface area contributed by atoms with Crippen molar-refractivity contribution >= 4 is 5.78 Å². The zero-order valence-corrected chi connectivity index (χ0v) is 13.2. The van der Waals surface area contributed by atoms with Crippen LogP contribution in [0.15, 0.2) is 0 Å². The van der Waals surface area contributed by atoms with E-state index in [1.54, 1.807) is 0 Å². The fourth-order valence-corrected chi connectivity index (χ4v) is 3.85. The summed E-state index contributed by atoms with van der Waals surface area (Å²) in [5.74, 6) is 0.709. The predicted octanol–water partition coefficient (Wildman–Crippen LogP) is 3.45. The number of rotatable bonds is 6. The molecule has 1 aliphatic heterocycles. The second-order valence-electron chi connectivity index (χ2n) is 7.60. The van der Waals surface area contributed by atoms with Crippen molar-refractivity contribution < 1.29 is 9.53 Å². The highest BCUT2D eigenvalue weighted by Crippen LogP contribution is 2.42. The van der Waals surface area contributed by atoms with E-state index in [-0.39, 0.29) is 16.9 Å². The van der Waals surface area contributed by atoms with Crippen molar-refractivity contribution in [2.75, 3.05) is 13.2 Å². The smallest absolute Gasteiger partial charge is 0.136 e. The molecule has 1 spiro atoms. The van der Waals surface area contributed by atoms with Crippen molar-refractivity contribution in [1.29, 1.82) is 0 Å². The summed E-state index contributed by atoms with van der Waals surface area (Å²) in [5.41, 5.74) is 5.90. The van der Waals surface area contributed by atoms with Gasteiger partial charge in [-0.05, 0) is 50.5 Å². The van der Waals surface area contributed by atoms with E-state index in [4.69, 9.17) is 10.5 Å². The normalized spacial score (nSPS) is 26.1. The van der Waals surface area contributed by atoms with Crippen LogP contribution in [0, 0.1) is 11.3 Å². The lowest BCUT2D eigenvalue weighted by Gasteiger charge is -2.38. The van der Waals surface area contributed by atoms with Crippen LogP contribution >= 0.6 is 0 Å². The maximum absolute atomic E-state index is 12.5. The van der Waals surface area contributed by atoms with Gasteiger partial charge in [0, 0.05) is 18.9 Å². The van der Waals surface area contributed by atoms with Gasteiger partial charge in [0.1, 0.15) is 5.78 Å². The van der Waals surface area contributed by atoms with Crippen LogP contribution in [0.25, 0.3) is 0 Å². The summed E-state index contributed by atoms with van der Waals surface area (Å²) in [4.78, 5) is 12.5. The molecular weight excluding hydrogens is 250 g/mol. The van der Waals surface area contributed by atoms with E-state index in [0.717, 1.165) is 45.1 Å². The van der Waals surface area contributed by atoms with Gasteiger partial charge in [-0.1, -0.05) is 26.7 Å². The standard InChI is InChI=1S/C17H31NO2/c1-16(2,10-11-18)9-5-15(19)14-6-12-20-17(13-14)7-3-4-8-17/h14H,3-13,18H2,1-2H3. The van der Waals surface area contributed by atoms with Crippen molar-refractivity contribution in [3.05, 3.63) is 0 Å². The summed E-state index contributed by atoms with van der Waals surface area (Å²) >= 11 is 0. The van der Waals surface area contributed by atoms with Crippen molar-refractivity contribution in [2.45, 2.75) is 77.2 Å². The Balaban J connectivity index is 1.83. The lowest BCUT2D eigenvalue weighted by molar-refractivity contribution is -0.136. The summed E-state index contributed by atoms with van der Waals surface area (Å²) < 4.78 is 6.02. The lowest BCUT2D eigenvalue weighted by atomic mass is 9.78. The van der Waals surface area contributed by atoms with Gasteiger partial charge in [-0.2, -0.15) is 0 Å². The quantitative estimate of drug-likeness (QED) is 0.811. The highest BCUT2D eigenvalue weighted by Gasteiger charge is 2.41. The molecule has 1 heterocycles. The van der Waals surface area contributed by atoms with Crippen LogP contribution in [0.2, 0.25) is 0 Å². The third kappa shape index (κ3) is 4.05. The SMILES string of the molecule is CC(C)(CCN)CCC(=O)C1CCOC2(CCCC2)C1. The van der Waals surface area contributed by atoms with Gasteiger partial charge in [0.15, 0.2) is 0 Å². The topological polar surface area (TPSA) is 52.3 Å². The Bertz CT molecular complexity index is 332. The van der Waals surface area contributed by atoms with Gasteiger partial charge in [-0.3, -0.25) is 4.79 Å². The largest absolute Gasteiger partial charge is 0.375 e. The molecule has 1 saturated carbocycles.